The molecule has 0 heterocycles. The number of fused-ring (bicyclic) bond motifs is 1. The molecule has 0 aliphatic heterocycles. The molecule has 0 atom stereocenters. The predicted molar refractivity (Wildman–Crippen MR) is 306 cm³/mol. The molecule has 2 heteroatoms. The van der Waals surface area contributed by atoms with E-state index in [0.29, 0.717) is 0 Å². The molecule has 12 aromatic carbocycles. The van der Waals surface area contributed by atoms with E-state index < -0.39 is 0 Å². The van der Waals surface area contributed by atoms with Gasteiger partial charge in [-0.3, -0.25) is 0 Å². The quantitative estimate of drug-likeness (QED) is 0.120. The Bertz CT molecular complexity index is 3630. The molecule has 12 aromatic rings. The highest BCUT2D eigenvalue weighted by Crippen LogP contribution is 2.41. The molecule has 0 fully saturated rings. The van der Waals surface area contributed by atoms with Crippen LogP contribution in [0, 0.1) is 0 Å². The van der Waals surface area contributed by atoms with Crippen molar-refractivity contribution in [2.45, 2.75) is 0 Å². The lowest BCUT2D eigenvalue weighted by Gasteiger charge is -2.27. The molecule has 72 heavy (non-hydrogen) atoms. The Morgan fingerprint density at radius 2 is 0.417 bits per heavy atom. The van der Waals surface area contributed by atoms with Gasteiger partial charge in [0.2, 0.25) is 0 Å². The zero-order valence-electron chi connectivity index (χ0n) is 39.8. The molecule has 0 N–H and O–H groups in total. The Balaban J connectivity index is 0.865. The summed E-state index contributed by atoms with van der Waals surface area (Å²) in [6.45, 7) is 0. The molecular weight excluding hydrogens is 869 g/mol. The van der Waals surface area contributed by atoms with Crippen LogP contribution in [-0.2, 0) is 0 Å². The first-order valence-electron chi connectivity index (χ1n) is 24.6. The molecule has 0 aliphatic carbocycles. The number of anilines is 6. The highest BCUT2D eigenvalue weighted by Gasteiger charge is 2.17. The van der Waals surface area contributed by atoms with Crippen molar-refractivity contribution < 1.29 is 0 Å². The van der Waals surface area contributed by atoms with Crippen molar-refractivity contribution in [3.63, 3.8) is 0 Å². The number of rotatable bonds is 12. The molecular formula is C70H50N2. The smallest absolute Gasteiger partial charge is 0.0462 e. The molecule has 0 aromatic heterocycles. The van der Waals surface area contributed by atoms with Gasteiger partial charge in [0.05, 0.1) is 0 Å². The first kappa shape index (κ1) is 43.8. The molecule has 0 unspecified atom stereocenters. The molecule has 340 valence electrons. The zero-order valence-corrected chi connectivity index (χ0v) is 39.8. The first-order valence-corrected chi connectivity index (χ1v) is 24.6. The van der Waals surface area contributed by atoms with E-state index in [1.165, 1.54) is 66.4 Å². The van der Waals surface area contributed by atoms with Crippen LogP contribution in [0.1, 0.15) is 0 Å². The third-order valence-electron chi connectivity index (χ3n) is 13.7. The largest absolute Gasteiger partial charge is 0.311 e. The van der Waals surface area contributed by atoms with Gasteiger partial charge in [-0.15, -0.1) is 0 Å². The van der Waals surface area contributed by atoms with Crippen LogP contribution in [-0.4, -0.2) is 0 Å². The van der Waals surface area contributed by atoms with E-state index in [1.807, 2.05) is 0 Å². The third kappa shape index (κ3) is 9.09. The van der Waals surface area contributed by atoms with Crippen molar-refractivity contribution >= 4 is 44.9 Å². The lowest BCUT2D eigenvalue weighted by atomic mass is 9.97. The first-order chi connectivity index (χ1) is 35.7. The minimum absolute atomic E-state index is 1.08. The summed E-state index contributed by atoms with van der Waals surface area (Å²) in [5.74, 6) is 0. The van der Waals surface area contributed by atoms with E-state index in [4.69, 9.17) is 0 Å². The minimum atomic E-state index is 1.08. The highest BCUT2D eigenvalue weighted by atomic mass is 15.1. The van der Waals surface area contributed by atoms with Crippen LogP contribution in [0.2, 0.25) is 0 Å². The van der Waals surface area contributed by atoms with Crippen LogP contribution >= 0.6 is 0 Å². The van der Waals surface area contributed by atoms with Crippen LogP contribution in [0.15, 0.2) is 303 Å². The number of hydrogen-bond acceptors (Lipinski definition) is 2. The molecule has 0 saturated heterocycles. The Morgan fingerprint density at radius 1 is 0.167 bits per heavy atom. The van der Waals surface area contributed by atoms with E-state index in [-0.39, 0.29) is 0 Å². The monoisotopic (exact) mass is 918 g/mol. The summed E-state index contributed by atoms with van der Waals surface area (Å²) in [5, 5.41) is 2.49. The Hall–Kier alpha value is -9.50. The van der Waals surface area contributed by atoms with Crippen molar-refractivity contribution in [2.75, 3.05) is 9.80 Å². The molecule has 0 saturated carbocycles. The standard InChI is InChI=1S/C70H50N2/c1-4-14-51(15-5-1)54-26-38-63(39-27-54)71(64-40-28-55(29-41-64)52-16-6-2-7-17-52)65-42-30-56(31-43-65)57-32-44-66(45-33-57)72(68-48-36-60(37-49-68)70-25-13-21-59-20-10-11-24-69(59)70)67-46-34-58(35-47-67)62-23-12-22-61(50-62)53-18-8-3-9-19-53/h1-50H. The second kappa shape index (κ2) is 19.8. The van der Waals surface area contributed by atoms with Crippen molar-refractivity contribution in [1.29, 1.82) is 0 Å². The van der Waals surface area contributed by atoms with E-state index in [9.17, 15) is 0 Å². The highest BCUT2D eigenvalue weighted by molar-refractivity contribution is 5.97. The van der Waals surface area contributed by atoms with Crippen molar-refractivity contribution in [3.05, 3.63) is 303 Å². The zero-order chi connectivity index (χ0) is 48.1. The Morgan fingerprint density at radius 3 is 0.792 bits per heavy atom. The number of hydrogen-bond donors (Lipinski definition) is 0. The van der Waals surface area contributed by atoms with Gasteiger partial charge in [-0.1, -0.05) is 224 Å². The summed E-state index contributed by atoms with van der Waals surface area (Å²) in [6.07, 6.45) is 0. The van der Waals surface area contributed by atoms with Gasteiger partial charge in [-0.25, -0.2) is 0 Å². The van der Waals surface area contributed by atoms with Crippen molar-refractivity contribution in [2.24, 2.45) is 0 Å². The second-order valence-corrected chi connectivity index (χ2v) is 18.2. The summed E-state index contributed by atoms with van der Waals surface area (Å²) in [5.41, 5.74) is 20.8. The molecule has 0 aliphatic rings. The van der Waals surface area contributed by atoms with Gasteiger partial charge < -0.3 is 9.80 Å². The third-order valence-corrected chi connectivity index (χ3v) is 13.7. The van der Waals surface area contributed by atoms with Gasteiger partial charge in [-0.05, 0) is 156 Å². The SMILES string of the molecule is c1ccc(-c2ccc(N(c3ccc(-c4ccccc4)cc3)c3ccc(-c4ccc(N(c5ccc(-c6cccc(-c7ccccc7)c6)cc5)c5ccc(-c6cccc7ccccc67)cc5)cc4)cc3)cc2)cc1. The minimum Gasteiger partial charge on any atom is -0.311 e. The summed E-state index contributed by atoms with van der Waals surface area (Å²) in [6, 6.07) is 109. The van der Waals surface area contributed by atoms with Crippen molar-refractivity contribution in [3.8, 4) is 66.8 Å². The predicted octanol–water partition coefficient (Wildman–Crippen LogP) is 19.8. The van der Waals surface area contributed by atoms with Crippen LogP contribution in [0.3, 0.4) is 0 Å². The Kier molecular flexibility index (Phi) is 12.1. The summed E-state index contributed by atoms with van der Waals surface area (Å²) < 4.78 is 0. The van der Waals surface area contributed by atoms with E-state index in [0.717, 1.165) is 45.3 Å². The fraction of sp³-hybridized carbons (Fsp3) is 0. The fourth-order valence-corrected chi connectivity index (χ4v) is 9.95. The summed E-state index contributed by atoms with van der Waals surface area (Å²) in [4.78, 5) is 4.69. The van der Waals surface area contributed by atoms with E-state index in [1.54, 1.807) is 0 Å². The van der Waals surface area contributed by atoms with Crippen molar-refractivity contribution in [1.82, 2.24) is 0 Å². The maximum atomic E-state index is 2.36. The molecule has 0 amide bonds. The van der Waals surface area contributed by atoms with Gasteiger partial charge in [0.25, 0.3) is 0 Å². The molecule has 2 nitrogen and oxygen atoms in total. The normalized spacial score (nSPS) is 11.1. The van der Waals surface area contributed by atoms with Gasteiger partial charge >= 0.3 is 0 Å². The maximum Gasteiger partial charge on any atom is 0.0462 e. The molecule has 0 spiro atoms. The molecule has 0 radical (unpaired) electrons. The molecule has 12 rings (SSSR count). The van der Waals surface area contributed by atoms with Crippen LogP contribution in [0.25, 0.3) is 77.5 Å². The summed E-state index contributed by atoms with van der Waals surface area (Å²) in [7, 11) is 0. The van der Waals surface area contributed by atoms with Gasteiger partial charge in [-0.2, -0.15) is 0 Å². The summed E-state index contributed by atoms with van der Waals surface area (Å²) >= 11 is 0. The average molecular weight is 919 g/mol. The topological polar surface area (TPSA) is 6.48 Å². The van der Waals surface area contributed by atoms with Crippen LogP contribution < -0.4 is 9.80 Å². The number of benzene rings is 12. The van der Waals surface area contributed by atoms with E-state index in [2.05, 4.69) is 313 Å². The lowest BCUT2D eigenvalue weighted by molar-refractivity contribution is 1.28. The number of nitrogens with zero attached hydrogens (tertiary/aromatic N) is 2. The van der Waals surface area contributed by atoms with Gasteiger partial charge in [0.15, 0.2) is 0 Å². The maximum absolute atomic E-state index is 2.36. The van der Waals surface area contributed by atoms with Crippen LogP contribution in [0.5, 0.6) is 0 Å². The fourth-order valence-electron chi connectivity index (χ4n) is 9.95. The Labute approximate surface area is 422 Å². The van der Waals surface area contributed by atoms with Crippen LogP contribution in [0.4, 0.5) is 34.1 Å². The molecule has 0 bridgehead atoms. The second-order valence-electron chi connectivity index (χ2n) is 18.2. The average Bonchev–Trinajstić information content (AvgIpc) is 3.47. The van der Waals surface area contributed by atoms with Gasteiger partial charge in [0, 0.05) is 34.1 Å². The van der Waals surface area contributed by atoms with E-state index >= 15 is 0 Å². The van der Waals surface area contributed by atoms with Gasteiger partial charge in [0.1, 0.15) is 0 Å². The lowest BCUT2D eigenvalue weighted by Crippen LogP contribution is -2.10.